The van der Waals surface area contributed by atoms with Gasteiger partial charge in [-0.3, -0.25) is 0 Å². The van der Waals surface area contributed by atoms with Gasteiger partial charge in [0.05, 0.1) is 27.8 Å². The Labute approximate surface area is 385 Å². The molecule has 0 saturated heterocycles. The molecule has 11 aromatic rings. The van der Waals surface area contributed by atoms with Crippen LogP contribution >= 0.6 is 0 Å². The minimum absolute atomic E-state index is 0.211. The fourth-order valence-corrected chi connectivity index (χ4v) is 12.3. The second-order valence-corrected chi connectivity index (χ2v) is 18.8. The quantitative estimate of drug-likeness (QED) is 0.168. The summed E-state index contributed by atoms with van der Waals surface area (Å²) in [6.45, 7) is 4.79. The van der Waals surface area contributed by atoms with Crippen molar-refractivity contribution in [3.05, 3.63) is 264 Å². The first-order valence-electron chi connectivity index (χ1n) is 23.2. The van der Waals surface area contributed by atoms with Crippen LogP contribution in [0.25, 0.3) is 72.0 Å². The fourth-order valence-electron chi connectivity index (χ4n) is 12.3. The Kier molecular flexibility index (Phi) is 7.70. The van der Waals surface area contributed by atoms with Gasteiger partial charge in [0, 0.05) is 33.1 Å². The van der Waals surface area contributed by atoms with Crippen molar-refractivity contribution in [3.63, 3.8) is 0 Å². The summed E-state index contributed by atoms with van der Waals surface area (Å²) < 4.78 is 2.52. The van der Waals surface area contributed by atoms with E-state index >= 15 is 0 Å². The zero-order valence-electron chi connectivity index (χ0n) is 36.8. The lowest BCUT2D eigenvalue weighted by Gasteiger charge is -2.39. The number of nitrogens with zero attached hydrogens (tertiary/aromatic N) is 2. The Bertz CT molecular complexity index is 3800. The monoisotopic (exact) mass is 840 g/mol. The average molecular weight is 841 g/mol. The van der Waals surface area contributed by atoms with Gasteiger partial charge in [-0.2, -0.15) is 0 Å². The van der Waals surface area contributed by atoms with Crippen molar-refractivity contribution in [3.8, 4) is 50.2 Å². The van der Waals surface area contributed by atoms with Gasteiger partial charge < -0.3 is 9.47 Å². The van der Waals surface area contributed by atoms with E-state index in [0.717, 1.165) is 17.1 Å². The third-order valence-corrected chi connectivity index (χ3v) is 15.2. The van der Waals surface area contributed by atoms with E-state index in [4.69, 9.17) is 0 Å². The Balaban J connectivity index is 1.01. The predicted molar refractivity (Wildman–Crippen MR) is 275 cm³/mol. The second kappa shape index (κ2) is 13.7. The van der Waals surface area contributed by atoms with Crippen molar-refractivity contribution in [2.45, 2.75) is 24.7 Å². The summed E-state index contributed by atoms with van der Waals surface area (Å²) in [4.78, 5) is 2.51. The van der Waals surface area contributed by atoms with Gasteiger partial charge in [0.1, 0.15) is 0 Å². The molecule has 310 valence electrons. The summed E-state index contributed by atoms with van der Waals surface area (Å²) in [5.74, 6) is 0. The van der Waals surface area contributed by atoms with E-state index in [-0.39, 0.29) is 5.41 Å². The third kappa shape index (κ3) is 4.91. The van der Waals surface area contributed by atoms with Gasteiger partial charge in [0.2, 0.25) is 0 Å². The molecule has 14 rings (SSSR count). The normalized spacial score (nSPS) is 15.6. The van der Waals surface area contributed by atoms with Gasteiger partial charge in [-0.05, 0) is 121 Å². The van der Waals surface area contributed by atoms with Crippen LogP contribution in [0, 0.1) is 0 Å². The van der Waals surface area contributed by atoms with Crippen LogP contribution in [-0.4, -0.2) is 4.57 Å². The molecule has 0 amide bonds. The number of hydrogen-bond acceptors (Lipinski definition) is 1. The number of para-hydroxylation sites is 4. The third-order valence-electron chi connectivity index (χ3n) is 15.2. The molecule has 1 spiro atoms. The topological polar surface area (TPSA) is 8.17 Å². The Hall–Kier alpha value is -8.20. The van der Waals surface area contributed by atoms with Crippen LogP contribution in [-0.2, 0) is 10.8 Å². The molecule has 2 heteroatoms. The lowest BCUT2D eigenvalue weighted by molar-refractivity contribution is 0.660. The molecule has 1 atom stereocenters. The summed E-state index contributed by atoms with van der Waals surface area (Å²) in [7, 11) is 0. The van der Waals surface area contributed by atoms with Gasteiger partial charge in [0.25, 0.3) is 0 Å². The van der Waals surface area contributed by atoms with Crippen LogP contribution in [0.3, 0.4) is 0 Å². The summed E-state index contributed by atoms with van der Waals surface area (Å²) in [5.41, 5.74) is 24.5. The van der Waals surface area contributed by atoms with E-state index in [9.17, 15) is 0 Å². The molecule has 0 saturated carbocycles. The zero-order chi connectivity index (χ0) is 43.7. The molecule has 3 aliphatic rings. The fraction of sp³-hybridized carbons (Fsp3) is 0.0625. The molecule has 0 bridgehead atoms. The minimum Gasteiger partial charge on any atom is -0.310 e. The number of anilines is 3. The molecular formula is C64H44N2. The molecule has 66 heavy (non-hydrogen) atoms. The number of fused-ring (bicyclic) bond motifs is 15. The van der Waals surface area contributed by atoms with Crippen LogP contribution in [0.15, 0.2) is 231 Å². The molecule has 0 fully saturated rings. The lowest BCUT2D eigenvalue weighted by Crippen LogP contribution is -2.33. The van der Waals surface area contributed by atoms with Crippen LogP contribution in [0.4, 0.5) is 17.1 Å². The first-order chi connectivity index (χ1) is 32.5. The van der Waals surface area contributed by atoms with E-state index in [1.807, 2.05) is 0 Å². The molecule has 0 radical (unpaired) electrons. The maximum absolute atomic E-state index is 2.52. The highest BCUT2D eigenvalue weighted by Crippen LogP contribution is 2.62. The highest BCUT2D eigenvalue weighted by atomic mass is 15.1. The van der Waals surface area contributed by atoms with Crippen molar-refractivity contribution in [2.24, 2.45) is 0 Å². The minimum atomic E-state index is -0.514. The Morgan fingerprint density at radius 1 is 0.348 bits per heavy atom. The van der Waals surface area contributed by atoms with Crippen molar-refractivity contribution in [1.29, 1.82) is 0 Å². The van der Waals surface area contributed by atoms with Crippen LogP contribution < -0.4 is 4.90 Å². The van der Waals surface area contributed by atoms with Crippen LogP contribution in [0.2, 0.25) is 0 Å². The maximum Gasteiger partial charge on any atom is 0.0754 e. The molecule has 1 aromatic heterocycles. The molecule has 10 aromatic carbocycles. The SMILES string of the molecule is CC1(C)c2cc(-c3ccccc3)ccc2-c2ccc(N(c3ccc4c(c3)-c3ccccc3C43c4ccccc4-n4c5ccccc5c5cccc3c54)c3ccccc3-c3ccccc3)cc21. The maximum atomic E-state index is 2.52. The predicted octanol–water partition coefficient (Wildman–Crippen LogP) is 16.6. The largest absolute Gasteiger partial charge is 0.310 e. The molecule has 2 aliphatic carbocycles. The first-order valence-corrected chi connectivity index (χ1v) is 23.2. The molecule has 1 aliphatic heterocycles. The van der Waals surface area contributed by atoms with E-state index in [1.54, 1.807) is 0 Å². The van der Waals surface area contributed by atoms with Gasteiger partial charge in [-0.25, -0.2) is 0 Å². The van der Waals surface area contributed by atoms with Crippen molar-refractivity contribution < 1.29 is 0 Å². The summed E-state index contributed by atoms with van der Waals surface area (Å²) in [5, 5.41) is 2.58. The average Bonchev–Trinajstić information content (AvgIpc) is 3.95. The van der Waals surface area contributed by atoms with E-state index in [2.05, 4.69) is 254 Å². The van der Waals surface area contributed by atoms with Gasteiger partial charge in [-0.15, -0.1) is 0 Å². The first kappa shape index (κ1) is 37.2. The Morgan fingerprint density at radius 3 is 1.76 bits per heavy atom. The summed E-state index contributed by atoms with van der Waals surface area (Å²) in [6, 6.07) is 86.3. The van der Waals surface area contributed by atoms with Crippen LogP contribution in [0.5, 0.6) is 0 Å². The number of benzene rings is 10. The molecule has 2 heterocycles. The summed E-state index contributed by atoms with van der Waals surface area (Å²) in [6.07, 6.45) is 0. The molecule has 1 unspecified atom stereocenters. The smallest absolute Gasteiger partial charge is 0.0754 e. The van der Waals surface area contributed by atoms with Gasteiger partial charge >= 0.3 is 0 Å². The molecular weight excluding hydrogens is 797 g/mol. The highest BCUT2D eigenvalue weighted by Gasteiger charge is 2.51. The molecule has 2 nitrogen and oxygen atoms in total. The number of rotatable bonds is 5. The van der Waals surface area contributed by atoms with Crippen molar-refractivity contribution >= 4 is 38.9 Å². The number of aromatic nitrogens is 1. The van der Waals surface area contributed by atoms with Gasteiger partial charge in [0.15, 0.2) is 0 Å². The van der Waals surface area contributed by atoms with Crippen molar-refractivity contribution in [1.82, 2.24) is 4.57 Å². The number of hydrogen-bond donors (Lipinski definition) is 0. The van der Waals surface area contributed by atoms with E-state index < -0.39 is 5.41 Å². The zero-order valence-corrected chi connectivity index (χ0v) is 36.8. The van der Waals surface area contributed by atoms with Crippen molar-refractivity contribution in [2.75, 3.05) is 4.90 Å². The lowest BCUT2D eigenvalue weighted by atomic mass is 9.65. The highest BCUT2D eigenvalue weighted by molar-refractivity contribution is 6.13. The van der Waals surface area contributed by atoms with E-state index in [0.29, 0.717) is 0 Å². The second-order valence-electron chi connectivity index (χ2n) is 18.8. The van der Waals surface area contributed by atoms with Gasteiger partial charge in [-0.1, -0.05) is 196 Å². The van der Waals surface area contributed by atoms with Crippen LogP contribution in [0.1, 0.15) is 47.2 Å². The standard InChI is InChI=1S/C64H44N2/c1-63(2)57-38-43(41-18-5-3-6-19-41)32-35-48(57)49-36-33-45(40-58(49)63)65(59-29-14-10-22-46(59)42-20-7-4-8-21-42)44-34-37-54-52(39-44)47-23-9-12-26-53(47)64(54)55-27-13-16-31-61(55)66-60-30-15-11-24-50(60)51-25-17-28-56(64)62(51)66/h3-40H,1-2H3. The Morgan fingerprint density at radius 2 is 0.924 bits per heavy atom. The van der Waals surface area contributed by atoms with E-state index in [1.165, 1.54) is 105 Å². The summed E-state index contributed by atoms with van der Waals surface area (Å²) >= 11 is 0. The molecule has 0 N–H and O–H groups in total.